The first-order valence-corrected chi connectivity index (χ1v) is 9.03. The molecule has 1 unspecified atom stereocenters. The lowest BCUT2D eigenvalue weighted by molar-refractivity contribution is -0.115. The van der Waals surface area contributed by atoms with E-state index >= 15 is 0 Å². The normalized spacial score (nSPS) is 11.6. The molecule has 1 aromatic heterocycles. The molecule has 3 rings (SSSR count). The number of para-hydroxylation sites is 1. The molecule has 1 amide bonds. The molecule has 2 aromatic carbocycles. The minimum Gasteiger partial charge on any atom is -0.324 e. The molecular formula is C20H18N4OS. The molecule has 0 aliphatic heterocycles. The van der Waals surface area contributed by atoms with Gasteiger partial charge in [0.15, 0.2) is 5.16 Å². The summed E-state index contributed by atoms with van der Waals surface area (Å²) < 4.78 is 1.96. The van der Waals surface area contributed by atoms with E-state index in [0.29, 0.717) is 11.3 Å². The number of carbonyl (C=O) groups is 1. The van der Waals surface area contributed by atoms with Crippen LogP contribution in [-0.2, 0) is 4.79 Å². The number of benzene rings is 2. The molecule has 0 spiro atoms. The number of hydrogen-bond donors (Lipinski definition) is 1. The summed E-state index contributed by atoms with van der Waals surface area (Å²) in [6, 6.07) is 17.2. The SMILES string of the molecule is Cc1cccc(-n2ccnc2SC(C)C(=O)Nc2ccccc2C#N)c1. The Labute approximate surface area is 156 Å². The van der Waals surface area contributed by atoms with Gasteiger partial charge in [-0.3, -0.25) is 9.36 Å². The molecule has 0 saturated heterocycles. The van der Waals surface area contributed by atoms with Gasteiger partial charge in [-0.25, -0.2) is 4.98 Å². The molecule has 0 fully saturated rings. The molecule has 26 heavy (non-hydrogen) atoms. The Morgan fingerprint density at radius 1 is 1.27 bits per heavy atom. The van der Waals surface area contributed by atoms with Crippen molar-refractivity contribution in [3.05, 3.63) is 72.1 Å². The van der Waals surface area contributed by atoms with Gasteiger partial charge >= 0.3 is 0 Å². The number of amides is 1. The fourth-order valence-corrected chi connectivity index (χ4v) is 3.37. The van der Waals surface area contributed by atoms with Gasteiger partial charge in [0.1, 0.15) is 6.07 Å². The first kappa shape index (κ1) is 17.8. The van der Waals surface area contributed by atoms with Gasteiger partial charge in [-0.15, -0.1) is 0 Å². The van der Waals surface area contributed by atoms with Crippen LogP contribution in [0.4, 0.5) is 5.69 Å². The third-order valence-electron chi connectivity index (χ3n) is 3.84. The van der Waals surface area contributed by atoms with E-state index in [1.165, 1.54) is 11.8 Å². The largest absolute Gasteiger partial charge is 0.324 e. The highest BCUT2D eigenvalue weighted by molar-refractivity contribution is 8.00. The van der Waals surface area contributed by atoms with Crippen molar-refractivity contribution in [2.75, 3.05) is 5.32 Å². The van der Waals surface area contributed by atoms with Gasteiger partial charge in [0.25, 0.3) is 0 Å². The van der Waals surface area contributed by atoms with Crippen molar-refractivity contribution >= 4 is 23.4 Å². The van der Waals surface area contributed by atoms with Crippen LogP contribution >= 0.6 is 11.8 Å². The first-order valence-electron chi connectivity index (χ1n) is 8.15. The highest BCUT2D eigenvalue weighted by Gasteiger charge is 2.19. The summed E-state index contributed by atoms with van der Waals surface area (Å²) >= 11 is 1.38. The third-order valence-corrected chi connectivity index (χ3v) is 4.92. The summed E-state index contributed by atoms with van der Waals surface area (Å²) in [4.78, 5) is 16.9. The number of imidazole rings is 1. The van der Waals surface area contributed by atoms with E-state index < -0.39 is 0 Å². The van der Waals surface area contributed by atoms with Gasteiger partial charge in [0, 0.05) is 18.1 Å². The number of nitrogens with one attached hydrogen (secondary N) is 1. The molecule has 0 saturated carbocycles. The fraction of sp³-hybridized carbons (Fsp3) is 0.150. The number of nitrogens with zero attached hydrogens (tertiary/aromatic N) is 3. The van der Waals surface area contributed by atoms with Gasteiger partial charge in [-0.2, -0.15) is 5.26 Å². The van der Waals surface area contributed by atoms with Gasteiger partial charge in [0.05, 0.1) is 16.5 Å². The summed E-state index contributed by atoms with van der Waals surface area (Å²) in [5, 5.41) is 12.3. The molecule has 1 atom stereocenters. The Hall–Kier alpha value is -3.04. The molecule has 1 heterocycles. The number of rotatable bonds is 5. The summed E-state index contributed by atoms with van der Waals surface area (Å²) in [6.45, 7) is 3.86. The monoisotopic (exact) mass is 362 g/mol. The smallest absolute Gasteiger partial charge is 0.237 e. The molecule has 3 aromatic rings. The molecule has 0 radical (unpaired) electrons. The van der Waals surface area contributed by atoms with E-state index in [4.69, 9.17) is 5.26 Å². The number of anilines is 1. The Morgan fingerprint density at radius 2 is 2.08 bits per heavy atom. The van der Waals surface area contributed by atoms with E-state index in [2.05, 4.69) is 22.4 Å². The maximum atomic E-state index is 12.5. The average Bonchev–Trinajstić information content (AvgIpc) is 3.10. The standard InChI is InChI=1S/C20H18N4OS/c1-14-6-5-8-17(12-14)24-11-10-22-20(24)26-15(2)19(25)23-18-9-4-3-7-16(18)13-21/h3-12,15H,1-2H3,(H,23,25). The Bertz CT molecular complexity index is 974. The van der Waals surface area contributed by atoms with Crippen molar-refractivity contribution in [3.8, 4) is 11.8 Å². The minimum atomic E-state index is -0.368. The Kier molecular flexibility index (Phi) is 5.40. The third kappa shape index (κ3) is 3.95. The predicted molar refractivity (Wildman–Crippen MR) is 103 cm³/mol. The second-order valence-corrected chi connectivity index (χ2v) is 7.13. The van der Waals surface area contributed by atoms with E-state index in [1.807, 2.05) is 42.8 Å². The number of thioether (sulfide) groups is 1. The zero-order valence-electron chi connectivity index (χ0n) is 14.5. The summed E-state index contributed by atoms with van der Waals surface area (Å²) in [7, 11) is 0. The van der Waals surface area contributed by atoms with Gasteiger partial charge < -0.3 is 5.32 Å². The number of carbonyl (C=O) groups excluding carboxylic acids is 1. The van der Waals surface area contributed by atoms with Crippen molar-refractivity contribution in [3.63, 3.8) is 0 Å². The van der Waals surface area contributed by atoms with Gasteiger partial charge in [0.2, 0.25) is 5.91 Å². The molecule has 0 aliphatic carbocycles. The van der Waals surface area contributed by atoms with E-state index in [9.17, 15) is 4.79 Å². The van der Waals surface area contributed by atoms with Crippen molar-refractivity contribution < 1.29 is 4.79 Å². The van der Waals surface area contributed by atoms with Gasteiger partial charge in [-0.1, -0.05) is 36.0 Å². The predicted octanol–water partition coefficient (Wildman–Crippen LogP) is 4.17. The topological polar surface area (TPSA) is 70.7 Å². The van der Waals surface area contributed by atoms with E-state index in [0.717, 1.165) is 16.4 Å². The van der Waals surface area contributed by atoms with E-state index in [1.54, 1.807) is 30.5 Å². The highest BCUT2D eigenvalue weighted by Crippen LogP contribution is 2.26. The zero-order chi connectivity index (χ0) is 18.5. The van der Waals surface area contributed by atoms with Crippen LogP contribution in [0.2, 0.25) is 0 Å². The van der Waals surface area contributed by atoms with Crippen molar-refractivity contribution in [2.24, 2.45) is 0 Å². The number of hydrogen-bond acceptors (Lipinski definition) is 4. The van der Waals surface area contributed by atoms with Crippen LogP contribution < -0.4 is 5.32 Å². The van der Waals surface area contributed by atoms with Crippen LogP contribution in [-0.4, -0.2) is 20.7 Å². The number of aromatic nitrogens is 2. The molecule has 130 valence electrons. The number of aryl methyl sites for hydroxylation is 1. The number of nitriles is 1. The van der Waals surface area contributed by atoms with Crippen LogP contribution in [0.25, 0.3) is 5.69 Å². The van der Waals surface area contributed by atoms with Crippen LogP contribution in [0.1, 0.15) is 18.1 Å². The highest BCUT2D eigenvalue weighted by atomic mass is 32.2. The molecule has 0 aliphatic rings. The molecule has 5 nitrogen and oxygen atoms in total. The Balaban J connectivity index is 1.75. The molecule has 1 N–H and O–H groups in total. The lowest BCUT2D eigenvalue weighted by Gasteiger charge is -2.14. The quantitative estimate of drug-likeness (QED) is 0.692. The zero-order valence-corrected chi connectivity index (χ0v) is 15.3. The second-order valence-electron chi connectivity index (χ2n) is 5.83. The van der Waals surface area contributed by atoms with Crippen LogP contribution in [0.3, 0.4) is 0 Å². The second kappa shape index (κ2) is 7.89. The molecular weight excluding hydrogens is 344 g/mol. The first-order chi connectivity index (χ1) is 12.6. The lowest BCUT2D eigenvalue weighted by atomic mass is 10.2. The molecule has 0 bridgehead atoms. The van der Waals surface area contributed by atoms with Crippen molar-refractivity contribution in [2.45, 2.75) is 24.3 Å². The maximum absolute atomic E-state index is 12.5. The van der Waals surface area contributed by atoms with Gasteiger partial charge in [-0.05, 0) is 43.7 Å². The lowest BCUT2D eigenvalue weighted by Crippen LogP contribution is -2.23. The van der Waals surface area contributed by atoms with Crippen molar-refractivity contribution in [1.29, 1.82) is 5.26 Å². The maximum Gasteiger partial charge on any atom is 0.237 e. The summed E-state index contributed by atoms with van der Waals surface area (Å²) in [5.41, 5.74) is 3.13. The van der Waals surface area contributed by atoms with Crippen LogP contribution in [0.5, 0.6) is 0 Å². The molecule has 6 heteroatoms. The fourth-order valence-electron chi connectivity index (χ4n) is 2.49. The Morgan fingerprint density at radius 3 is 2.85 bits per heavy atom. The average molecular weight is 362 g/mol. The van der Waals surface area contributed by atoms with E-state index in [-0.39, 0.29) is 11.2 Å². The minimum absolute atomic E-state index is 0.170. The summed E-state index contributed by atoms with van der Waals surface area (Å²) in [5.74, 6) is -0.170. The van der Waals surface area contributed by atoms with Crippen LogP contribution in [0.15, 0.2) is 66.1 Å². The van der Waals surface area contributed by atoms with Crippen LogP contribution in [0, 0.1) is 18.3 Å². The van der Waals surface area contributed by atoms with Crippen molar-refractivity contribution in [1.82, 2.24) is 9.55 Å². The summed E-state index contributed by atoms with van der Waals surface area (Å²) in [6.07, 6.45) is 3.60.